The van der Waals surface area contributed by atoms with Crippen molar-refractivity contribution in [2.75, 3.05) is 6.61 Å². The summed E-state index contributed by atoms with van der Waals surface area (Å²) in [6, 6.07) is 4.67. The second-order valence-electron chi connectivity index (χ2n) is 9.09. The molecule has 1 fully saturated rings. The van der Waals surface area contributed by atoms with Crippen LogP contribution in [0.3, 0.4) is 0 Å². The van der Waals surface area contributed by atoms with Crippen molar-refractivity contribution in [1.29, 1.82) is 0 Å². The van der Waals surface area contributed by atoms with Crippen LogP contribution in [0.1, 0.15) is 52.0 Å². The number of hydrogen-bond acceptors (Lipinski definition) is 4. The van der Waals surface area contributed by atoms with Crippen molar-refractivity contribution in [2.24, 2.45) is 22.4 Å². The first-order valence-corrected chi connectivity index (χ1v) is 10.8. The van der Waals surface area contributed by atoms with E-state index in [-0.39, 0.29) is 28.5 Å². The molecule has 0 spiro atoms. The monoisotopic (exact) mass is 460 g/mol. The maximum Gasteiger partial charge on any atom is 0.439 e. The van der Waals surface area contributed by atoms with Crippen LogP contribution in [0, 0.1) is 24.2 Å². The third-order valence-electron chi connectivity index (χ3n) is 6.87. The van der Waals surface area contributed by atoms with Gasteiger partial charge in [-0.3, -0.25) is 4.79 Å². The van der Waals surface area contributed by atoms with E-state index in [1.54, 1.807) is 19.1 Å². The Morgan fingerprint density at radius 1 is 1.39 bits per heavy atom. The minimum absolute atomic E-state index is 0.0151. The number of hydrazone groups is 1. The van der Waals surface area contributed by atoms with E-state index < -0.39 is 30.3 Å². The smallest absolute Gasteiger partial charge is 0.439 e. The summed E-state index contributed by atoms with van der Waals surface area (Å²) in [6.07, 6.45) is -3.15. The zero-order valence-corrected chi connectivity index (χ0v) is 18.8. The van der Waals surface area contributed by atoms with E-state index in [0.717, 1.165) is 6.42 Å². The first kappa shape index (κ1) is 23.9. The fourth-order valence-corrected chi connectivity index (χ4v) is 4.50. The molecule has 0 aromatic heterocycles. The fourth-order valence-electron chi connectivity index (χ4n) is 4.38. The number of aryl methyl sites for hydroxylation is 1. The van der Waals surface area contributed by atoms with Gasteiger partial charge in [0.15, 0.2) is 6.61 Å². The lowest BCUT2D eigenvalue weighted by molar-refractivity contribution is -0.318. The van der Waals surface area contributed by atoms with Crippen LogP contribution in [0.25, 0.3) is 0 Å². The van der Waals surface area contributed by atoms with Crippen LogP contribution < -0.4 is 4.74 Å². The molecule has 9 heteroatoms. The molecule has 1 aromatic carbocycles. The van der Waals surface area contributed by atoms with Crippen LogP contribution in [-0.2, 0) is 4.79 Å². The molecular weight excluding hydrogens is 433 g/mol. The van der Waals surface area contributed by atoms with Crippen molar-refractivity contribution < 1.29 is 27.8 Å². The van der Waals surface area contributed by atoms with Crippen molar-refractivity contribution >= 4 is 23.2 Å². The molecule has 0 bridgehead atoms. The number of carbonyl (C=O) groups is 1. The van der Waals surface area contributed by atoms with E-state index in [9.17, 15) is 23.1 Å². The lowest BCUT2D eigenvalue weighted by atomic mass is 9.64. The number of rotatable bonds is 5. The average Bonchev–Trinajstić information content (AvgIpc) is 3.02. The van der Waals surface area contributed by atoms with Crippen LogP contribution in [0.2, 0.25) is 5.02 Å². The van der Waals surface area contributed by atoms with Crippen LogP contribution in [-0.4, -0.2) is 40.2 Å². The molecule has 172 valence electrons. The summed E-state index contributed by atoms with van der Waals surface area (Å²) in [6.45, 7) is 7.09. The highest BCUT2D eigenvalue weighted by Gasteiger charge is 2.69. The number of benzene rings is 1. The Morgan fingerprint density at radius 3 is 2.65 bits per heavy atom. The number of alkyl halides is 3. The van der Waals surface area contributed by atoms with Crippen LogP contribution >= 0.6 is 11.6 Å². The van der Waals surface area contributed by atoms with Gasteiger partial charge in [0.25, 0.3) is 11.6 Å². The van der Waals surface area contributed by atoms with Gasteiger partial charge in [-0.15, -0.1) is 0 Å². The van der Waals surface area contributed by atoms with Crippen molar-refractivity contribution in [3.05, 3.63) is 28.8 Å². The predicted octanol–water partition coefficient (Wildman–Crippen LogP) is 5.33. The molecule has 31 heavy (non-hydrogen) atoms. The number of hydrogen-bond donors (Lipinski definition) is 1. The first-order valence-electron chi connectivity index (χ1n) is 10.4. The Balaban J connectivity index is 1.83. The zero-order chi connectivity index (χ0) is 23.2. The van der Waals surface area contributed by atoms with Crippen LogP contribution in [0.15, 0.2) is 23.3 Å². The minimum atomic E-state index is -5.06. The highest BCUT2D eigenvalue weighted by molar-refractivity contribution is 6.31. The predicted molar refractivity (Wildman–Crippen MR) is 112 cm³/mol. The third kappa shape index (κ3) is 4.29. The number of nitrogens with zero attached hydrogens (tertiary/aromatic N) is 2. The van der Waals surface area contributed by atoms with Gasteiger partial charge in [-0.2, -0.15) is 23.3 Å². The summed E-state index contributed by atoms with van der Waals surface area (Å²) in [4.78, 5) is 12.7. The molecule has 1 N–H and O–H groups in total. The van der Waals surface area contributed by atoms with Gasteiger partial charge in [-0.05, 0) is 61.3 Å². The molecular formula is C22H28ClF3N2O3. The van der Waals surface area contributed by atoms with Gasteiger partial charge in [0.05, 0.1) is 5.92 Å². The summed E-state index contributed by atoms with van der Waals surface area (Å²) in [5.41, 5.74) is -2.62. The van der Waals surface area contributed by atoms with Gasteiger partial charge in [0.2, 0.25) is 0 Å². The number of carbonyl (C=O) groups excluding carboxylic acids is 1. The lowest BCUT2D eigenvalue weighted by Crippen LogP contribution is -2.62. The molecule has 1 amide bonds. The van der Waals surface area contributed by atoms with Gasteiger partial charge >= 0.3 is 6.18 Å². The van der Waals surface area contributed by atoms with E-state index in [0.29, 0.717) is 29.2 Å². The molecule has 1 saturated carbocycles. The molecule has 1 aromatic rings. The molecule has 0 radical (unpaired) electrons. The Morgan fingerprint density at radius 2 is 2.06 bits per heavy atom. The summed E-state index contributed by atoms with van der Waals surface area (Å²) in [7, 11) is 0. The molecule has 5 nitrogen and oxygen atoms in total. The molecule has 3 rings (SSSR count). The molecule has 1 aliphatic heterocycles. The van der Waals surface area contributed by atoms with Gasteiger partial charge < -0.3 is 9.84 Å². The maximum absolute atomic E-state index is 14.1. The second-order valence-corrected chi connectivity index (χ2v) is 9.49. The van der Waals surface area contributed by atoms with Gasteiger partial charge in [0.1, 0.15) is 5.75 Å². The standard InChI is InChI=1S/C22H28ClF3N2O3/c1-5-20(3,4)14-6-9-18-16(11-14)21(30,22(24,25)26)28(27-18)19(29)12-31-15-7-8-17(23)13(2)10-15/h7-8,10,14,16,30H,5-6,9,11-12H2,1-4H3/t14-,16+,21+/m1/s1. The van der Waals surface area contributed by atoms with Gasteiger partial charge in [-0.25, -0.2) is 0 Å². The fraction of sp³-hybridized carbons (Fsp3) is 0.636. The molecule has 0 saturated heterocycles. The SMILES string of the molecule is CCC(C)(C)[C@@H]1CCC2=NN(C(=O)COc3ccc(Cl)c(C)c3)[C@@](O)(C(F)(F)F)[C@H]2C1. The maximum atomic E-state index is 14.1. The summed E-state index contributed by atoms with van der Waals surface area (Å²) >= 11 is 5.95. The Kier molecular flexibility index (Phi) is 6.37. The highest BCUT2D eigenvalue weighted by atomic mass is 35.5. The topological polar surface area (TPSA) is 62.1 Å². The Hall–Kier alpha value is -1.80. The van der Waals surface area contributed by atoms with E-state index >= 15 is 0 Å². The Labute approximate surface area is 185 Å². The van der Waals surface area contributed by atoms with Crippen molar-refractivity contribution in [3.63, 3.8) is 0 Å². The third-order valence-corrected chi connectivity index (χ3v) is 7.29. The van der Waals surface area contributed by atoms with E-state index in [4.69, 9.17) is 16.3 Å². The average molecular weight is 461 g/mol. The Bertz CT molecular complexity index is 887. The lowest BCUT2D eigenvalue weighted by Gasteiger charge is -2.43. The van der Waals surface area contributed by atoms with Crippen molar-refractivity contribution in [1.82, 2.24) is 5.01 Å². The van der Waals surface area contributed by atoms with Crippen molar-refractivity contribution in [3.8, 4) is 5.75 Å². The van der Waals surface area contributed by atoms with Crippen LogP contribution in [0.5, 0.6) is 5.75 Å². The van der Waals surface area contributed by atoms with Crippen molar-refractivity contribution in [2.45, 2.75) is 65.3 Å². The van der Waals surface area contributed by atoms with Crippen LogP contribution in [0.4, 0.5) is 13.2 Å². The zero-order valence-electron chi connectivity index (χ0n) is 18.1. The van der Waals surface area contributed by atoms with E-state index in [1.807, 2.05) is 20.8 Å². The second kappa shape index (κ2) is 8.28. The van der Waals surface area contributed by atoms with Gasteiger partial charge in [0, 0.05) is 10.7 Å². The number of halogens is 4. The first-order chi connectivity index (χ1) is 14.3. The van der Waals surface area contributed by atoms with Gasteiger partial charge in [-0.1, -0.05) is 38.8 Å². The van der Waals surface area contributed by atoms with E-state index in [1.165, 1.54) is 6.07 Å². The minimum Gasteiger partial charge on any atom is -0.484 e. The number of fused-ring (bicyclic) bond motifs is 1. The quantitative estimate of drug-likeness (QED) is 0.646. The summed E-state index contributed by atoms with van der Waals surface area (Å²) < 4.78 is 47.7. The number of aliphatic hydroxyl groups is 1. The molecule has 1 heterocycles. The molecule has 3 atom stereocenters. The molecule has 2 aliphatic rings. The highest BCUT2D eigenvalue weighted by Crippen LogP contribution is 2.52. The summed E-state index contributed by atoms with van der Waals surface area (Å²) in [5.74, 6) is -2.06. The summed E-state index contributed by atoms with van der Waals surface area (Å²) in [5, 5.41) is 15.5. The molecule has 0 unspecified atom stereocenters. The normalized spacial score (nSPS) is 26.5. The number of amides is 1. The van der Waals surface area contributed by atoms with E-state index in [2.05, 4.69) is 5.10 Å². The molecule has 1 aliphatic carbocycles. The largest absolute Gasteiger partial charge is 0.484 e. The number of ether oxygens (including phenoxy) is 1.